The van der Waals surface area contributed by atoms with Gasteiger partial charge in [0.1, 0.15) is 0 Å². The average Bonchev–Trinajstić information content (AvgIpc) is 2.69. The van der Waals surface area contributed by atoms with E-state index in [2.05, 4.69) is 5.32 Å². The van der Waals surface area contributed by atoms with Crippen LogP contribution in [0, 0.1) is 0 Å². The standard InChI is InChI=1S/C10H14N2OS/c11-8-2-1-3-9(6-8)14(13)10-4-5-12-7-10/h1-3,6,10,12H,4-5,7,11H2. The quantitative estimate of drug-likeness (QED) is 0.708. The summed E-state index contributed by atoms with van der Waals surface area (Å²) in [5.74, 6) is 0. The van der Waals surface area contributed by atoms with E-state index in [1.807, 2.05) is 18.2 Å². The molecule has 0 aliphatic carbocycles. The van der Waals surface area contributed by atoms with Crippen LogP contribution in [-0.2, 0) is 10.8 Å². The fourth-order valence-corrected chi connectivity index (χ4v) is 3.09. The maximum atomic E-state index is 12.0. The first-order chi connectivity index (χ1) is 6.77. The molecule has 2 atom stereocenters. The van der Waals surface area contributed by atoms with E-state index in [0.29, 0.717) is 5.69 Å². The summed E-state index contributed by atoms with van der Waals surface area (Å²) in [6.45, 7) is 1.82. The lowest BCUT2D eigenvalue weighted by Crippen LogP contribution is -2.18. The highest BCUT2D eigenvalue weighted by molar-refractivity contribution is 7.85. The summed E-state index contributed by atoms with van der Waals surface area (Å²) in [4.78, 5) is 0.846. The number of nitrogens with one attached hydrogen (secondary N) is 1. The van der Waals surface area contributed by atoms with Crippen LogP contribution >= 0.6 is 0 Å². The van der Waals surface area contributed by atoms with Crippen molar-refractivity contribution in [2.24, 2.45) is 0 Å². The molecule has 1 aromatic carbocycles. The second-order valence-electron chi connectivity index (χ2n) is 3.48. The van der Waals surface area contributed by atoms with Crippen molar-refractivity contribution in [2.75, 3.05) is 18.8 Å². The van der Waals surface area contributed by atoms with Crippen LogP contribution in [0.4, 0.5) is 5.69 Å². The first kappa shape index (κ1) is 9.68. The number of hydrogen-bond donors (Lipinski definition) is 2. The molecule has 1 heterocycles. The molecule has 1 fully saturated rings. The molecule has 76 valence electrons. The summed E-state index contributed by atoms with van der Waals surface area (Å²) in [6.07, 6.45) is 0.988. The van der Waals surface area contributed by atoms with Crippen molar-refractivity contribution in [3.8, 4) is 0 Å². The Morgan fingerprint density at radius 3 is 3.00 bits per heavy atom. The molecule has 0 bridgehead atoms. The SMILES string of the molecule is Nc1cccc(S(=O)C2CCNC2)c1. The van der Waals surface area contributed by atoms with Crippen molar-refractivity contribution in [3.63, 3.8) is 0 Å². The second kappa shape index (κ2) is 4.11. The Kier molecular flexibility index (Phi) is 2.84. The summed E-state index contributed by atoms with van der Waals surface area (Å²) in [5, 5.41) is 3.46. The predicted molar refractivity (Wildman–Crippen MR) is 58.5 cm³/mol. The number of anilines is 1. The Labute approximate surface area is 86.1 Å². The molecule has 1 aromatic rings. The summed E-state index contributed by atoms with van der Waals surface area (Å²) in [6, 6.07) is 7.35. The molecule has 0 spiro atoms. The minimum atomic E-state index is -0.912. The van der Waals surface area contributed by atoms with E-state index in [1.54, 1.807) is 6.07 Å². The molecule has 1 aliphatic heterocycles. The molecule has 0 radical (unpaired) electrons. The summed E-state index contributed by atoms with van der Waals surface area (Å²) >= 11 is 0. The van der Waals surface area contributed by atoms with E-state index in [1.165, 1.54) is 0 Å². The fraction of sp³-hybridized carbons (Fsp3) is 0.400. The minimum absolute atomic E-state index is 0.247. The van der Waals surface area contributed by atoms with E-state index in [9.17, 15) is 4.21 Å². The smallest absolute Gasteiger partial charge is 0.0574 e. The monoisotopic (exact) mass is 210 g/mol. The maximum absolute atomic E-state index is 12.0. The Bertz CT molecular complexity index is 348. The first-order valence-electron chi connectivity index (χ1n) is 4.74. The zero-order chi connectivity index (χ0) is 9.97. The van der Waals surface area contributed by atoms with Crippen LogP contribution in [0.15, 0.2) is 29.2 Å². The molecule has 0 amide bonds. The van der Waals surface area contributed by atoms with Gasteiger partial charge in [-0.25, -0.2) is 0 Å². The molecule has 3 nitrogen and oxygen atoms in total. The molecule has 4 heteroatoms. The highest BCUT2D eigenvalue weighted by Crippen LogP contribution is 2.17. The second-order valence-corrected chi connectivity index (χ2v) is 5.22. The zero-order valence-electron chi connectivity index (χ0n) is 7.90. The Hall–Kier alpha value is -0.870. The van der Waals surface area contributed by atoms with Gasteiger partial charge in [-0.05, 0) is 31.2 Å². The Balaban J connectivity index is 2.17. The molecule has 1 saturated heterocycles. The van der Waals surface area contributed by atoms with Crippen molar-refractivity contribution >= 4 is 16.5 Å². The highest BCUT2D eigenvalue weighted by Gasteiger charge is 2.22. The predicted octanol–water partition coefficient (Wildman–Crippen LogP) is 0.738. The number of hydrogen-bond acceptors (Lipinski definition) is 3. The molecule has 14 heavy (non-hydrogen) atoms. The van der Waals surface area contributed by atoms with Crippen LogP contribution < -0.4 is 11.1 Å². The van der Waals surface area contributed by atoms with E-state index >= 15 is 0 Å². The molecule has 2 unspecified atom stereocenters. The molecule has 2 rings (SSSR count). The van der Waals surface area contributed by atoms with Crippen LogP contribution in [0.5, 0.6) is 0 Å². The summed E-state index contributed by atoms with van der Waals surface area (Å²) in [7, 11) is -0.912. The highest BCUT2D eigenvalue weighted by atomic mass is 32.2. The van der Waals surface area contributed by atoms with Gasteiger partial charge in [0.25, 0.3) is 0 Å². The van der Waals surface area contributed by atoms with Gasteiger partial charge < -0.3 is 11.1 Å². The van der Waals surface area contributed by atoms with Crippen LogP contribution in [-0.4, -0.2) is 22.5 Å². The third-order valence-corrected chi connectivity index (χ3v) is 4.13. The topological polar surface area (TPSA) is 55.1 Å². The normalized spacial score (nSPS) is 23.6. The zero-order valence-corrected chi connectivity index (χ0v) is 8.72. The van der Waals surface area contributed by atoms with Crippen molar-refractivity contribution in [1.82, 2.24) is 5.32 Å². The van der Waals surface area contributed by atoms with Gasteiger partial charge in [-0.15, -0.1) is 0 Å². The number of nitrogens with two attached hydrogens (primary N) is 1. The number of rotatable bonds is 2. The molecule has 0 aromatic heterocycles. The van der Waals surface area contributed by atoms with Gasteiger partial charge in [0.2, 0.25) is 0 Å². The van der Waals surface area contributed by atoms with Gasteiger partial charge in [0, 0.05) is 17.1 Å². The van der Waals surface area contributed by atoms with Crippen molar-refractivity contribution < 1.29 is 4.21 Å². The Morgan fingerprint density at radius 2 is 2.36 bits per heavy atom. The number of benzene rings is 1. The van der Waals surface area contributed by atoms with Gasteiger partial charge in [-0.1, -0.05) is 6.07 Å². The molecule has 3 N–H and O–H groups in total. The third-order valence-electron chi connectivity index (χ3n) is 2.41. The van der Waals surface area contributed by atoms with Crippen molar-refractivity contribution in [3.05, 3.63) is 24.3 Å². The van der Waals surface area contributed by atoms with Crippen LogP contribution in [0.3, 0.4) is 0 Å². The molecule has 1 aliphatic rings. The lowest BCUT2D eigenvalue weighted by Gasteiger charge is -2.08. The third kappa shape index (κ3) is 1.96. The molecular formula is C10H14N2OS. The van der Waals surface area contributed by atoms with Crippen LogP contribution in [0.1, 0.15) is 6.42 Å². The molecule has 0 saturated carbocycles. The van der Waals surface area contributed by atoms with Gasteiger partial charge in [-0.3, -0.25) is 4.21 Å². The fourth-order valence-electron chi connectivity index (χ4n) is 1.64. The Morgan fingerprint density at radius 1 is 1.50 bits per heavy atom. The van der Waals surface area contributed by atoms with Crippen molar-refractivity contribution in [1.29, 1.82) is 0 Å². The number of nitrogen functional groups attached to an aromatic ring is 1. The summed E-state index contributed by atoms with van der Waals surface area (Å²) < 4.78 is 12.0. The van der Waals surface area contributed by atoms with Gasteiger partial charge >= 0.3 is 0 Å². The minimum Gasteiger partial charge on any atom is -0.399 e. The van der Waals surface area contributed by atoms with E-state index in [-0.39, 0.29) is 5.25 Å². The van der Waals surface area contributed by atoms with Crippen LogP contribution in [0.2, 0.25) is 0 Å². The van der Waals surface area contributed by atoms with Gasteiger partial charge in [0.15, 0.2) is 0 Å². The summed E-state index contributed by atoms with van der Waals surface area (Å²) in [5.41, 5.74) is 6.33. The van der Waals surface area contributed by atoms with Crippen molar-refractivity contribution in [2.45, 2.75) is 16.6 Å². The van der Waals surface area contributed by atoms with Crippen LogP contribution in [0.25, 0.3) is 0 Å². The van der Waals surface area contributed by atoms with Gasteiger partial charge in [0.05, 0.1) is 16.0 Å². The van der Waals surface area contributed by atoms with E-state index in [0.717, 1.165) is 24.4 Å². The van der Waals surface area contributed by atoms with E-state index in [4.69, 9.17) is 5.73 Å². The molecular weight excluding hydrogens is 196 g/mol. The lowest BCUT2D eigenvalue weighted by atomic mass is 10.3. The van der Waals surface area contributed by atoms with E-state index < -0.39 is 10.8 Å². The lowest BCUT2D eigenvalue weighted by molar-refractivity contribution is 0.672. The maximum Gasteiger partial charge on any atom is 0.0574 e. The van der Waals surface area contributed by atoms with Gasteiger partial charge in [-0.2, -0.15) is 0 Å². The average molecular weight is 210 g/mol. The first-order valence-corrected chi connectivity index (χ1v) is 5.95. The largest absolute Gasteiger partial charge is 0.399 e.